The van der Waals surface area contributed by atoms with Crippen molar-refractivity contribution in [1.82, 2.24) is 9.97 Å². The number of halogens is 1. The lowest BCUT2D eigenvalue weighted by molar-refractivity contribution is 0.122. The Bertz CT molecular complexity index is 1010. The predicted octanol–water partition coefficient (Wildman–Crippen LogP) is 3.97. The maximum Gasteiger partial charge on any atom is 0.227 e. The zero-order valence-electron chi connectivity index (χ0n) is 16.1. The molecule has 0 aliphatic carbocycles. The number of aromatic nitrogens is 2. The van der Waals surface area contributed by atoms with E-state index in [9.17, 15) is 0 Å². The molecule has 0 bridgehead atoms. The molecule has 4 rings (SSSR count). The van der Waals surface area contributed by atoms with Crippen LogP contribution in [0.2, 0.25) is 5.02 Å². The average molecular weight is 412 g/mol. The molecule has 1 aromatic heterocycles. The first kappa shape index (κ1) is 19.3. The second-order valence-electron chi connectivity index (χ2n) is 6.61. The molecule has 1 aliphatic heterocycles. The fourth-order valence-electron chi connectivity index (χ4n) is 3.25. The summed E-state index contributed by atoms with van der Waals surface area (Å²) in [7, 11) is 1.59. The van der Waals surface area contributed by atoms with Crippen molar-refractivity contribution in [2.24, 2.45) is 0 Å². The van der Waals surface area contributed by atoms with Crippen LogP contribution in [0.3, 0.4) is 0 Å². The second-order valence-corrected chi connectivity index (χ2v) is 7.02. The third-order valence-corrected chi connectivity index (χ3v) is 5.04. The van der Waals surface area contributed by atoms with E-state index in [-0.39, 0.29) is 0 Å². The molecule has 29 heavy (non-hydrogen) atoms. The van der Waals surface area contributed by atoms with Crippen LogP contribution < -0.4 is 20.7 Å². The predicted molar refractivity (Wildman–Crippen MR) is 116 cm³/mol. The molecule has 2 aromatic carbocycles. The van der Waals surface area contributed by atoms with Gasteiger partial charge in [-0.2, -0.15) is 0 Å². The van der Waals surface area contributed by atoms with Crippen LogP contribution in [0.25, 0.3) is 11.3 Å². The largest absolute Gasteiger partial charge is 0.495 e. The van der Waals surface area contributed by atoms with E-state index in [1.54, 1.807) is 13.3 Å². The molecule has 0 radical (unpaired) electrons. The first-order valence-corrected chi connectivity index (χ1v) is 9.68. The molecular weight excluding hydrogens is 390 g/mol. The topological polar surface area (TPSA) is 85.5 Å². The van der Waals surface area contributed by atoms with Gasteiger partial charge >= 0.3 is 0 Å². The van der Waals surface area contributed by atoms with Gasteiger partial charge in [0.05, 0.1) is 42.4 Å². The Hall–Kier alpha value is -3.03. The van der Waals surface area contributed by atoms with Gasteiger partial charge in [0.2, 0.25) is 5.95 Å². The van der Waals surface area contributed by atoms with Crippen molar-refractivity contribution in [3.05, 3.63) is 53.7 Å². The number of ether oxygens (including phenoxy) is 2. The lowest BCUT2D eigenvalue weighted by atomic mass is 10.1. The van der Waals surface area contributed by atoms with Crippen LogP contribution in [-0.4, -0.2) is 43.4 Å². The smallest absolute Gasteiger partial charge is 0.227 e. The fourth-order valence-corrected chi connectivity index (χ4v) is 3.55. The van der Waals surface area contributed by atoms with E-state index >= 15 is 0 Å². The molecule has 1 aliphatic rings. The van der Waals surface area contributed by atoms with Gasteiger partial charge in [-0.1, -0.05) is 11.6 Å². The SMILES string of the molecule is COc1ccc(-c2ccnc(Nc3ccc(N4CCOCC4)c(Cl)c3)n2)cc1N. The molecule has 7 nitrogen and oxygen atoms in total. The van der Waals surface area contributed by atoms with Crippen LogP contribution in [0.4, 0.5) is 23.0 Å². The zero-order chi connectivity index (χ0) is 20.2. The number of hydrogen-bond acceptors (Lipinski definition) is 7. The van der Waals surface area contributed by atoms with Crippen LogP contribution in [0.15, 0.2) is 48.7 Å². The Labute approximate surface area is 174 Å². The molecule has 0 spiro atoms. The number of nitrogens with zero attached hydrogens (tertiary/aromatic N) is 3. The molecule has 0 atom stereocenters. The van der Waals surface area contributed by atoms with Crippen molar-refractivity contribution >= 4 is 34.6 Å². The van der Waals surface area contributed by atoms with Crippen molar-refractivity contribution in [2.75, 3.05) is 49.4 Å². The minimum atomic E-state index is 0.479. The van der Waals surface area contributed by atoms with Crippen LogP contribution >= 0.6 is 11.6 Å². The van der Waals surface area contributed by atoms with E-state index in [1.807, 2.05) is 42.5 Å². The number of rotatable bonds is 5. The van der Waals surface area contributed by atoms with Crippen LogP contribution in [0, 0.1) is 0 Å². The van der Waals surface area contributed by atoms with E-state index in [2.05, 4.69) is 20.2 Å². The Kier molecular flexibility index (Phi) is 5.69. The molecule has 0 saturated carbocycles. The van der Waals surface area contributed by atoms with Gasteiger partial charge in [0, 0.05) is 30.5 Å². The highest BCUT2D eigenvalue weighted by Crippen LogP contribution is 2.31. The van der Waals surface area contributed by atoms with Gasteiger partial charge < -0.3 is 25.4 Å². The first-order chi connectivity index (χ1) is 14.1. The summed E-state index contributed by atoms with van der Waals surface area (Å²) in [4.78, 5) is 11.1. The molecular formula is C21H22ClN5O2. The molecule has 0 unspecified atom stereocenters. The highest BCUT2D eigenvalue weighted by Gasteiger charge is 2.14. The lowest BCUT2D eigenvalue weighted by Crippen LogP contribution is -2.36. The summed E-state index contributed by atoms with van der Waals surface area (Å²) in [6, 6.07) is 13.3. The normalized spacial score (nSPS) is 13.9. The van der Waals surface area contributed by atoms with Crippen molar-refractivity contribution in [3.8, 4) is 17.0 Å². The molecule has 0 amide bonds. The summed E-state index contributed by atoms with van der Waals surface area (Å²) < 4.78 is 10.6. The van der Waals surface area contributed by atoms with Crippen molar-refractivity contribution < 1.29 is 9.47 Å². The second kappa shape index (κ2) is 8.55. The number of morpholine rings is 1. The summed E-state index contributed by atoms with van der Waals surface area (Å²) in [5.41, 5.74) is 10.0. The fraction of sp³-hybridized carbons (Fsp3) is 0.238. The number of benzene rings is 2. The van der Waals surface area contributed by atoms with Crippen LogP contribution in [0.1, 0.15) is 0 Å². The summed E-state index contributed by atoms with van der Waals surface area (Å²) in [6.45, 7) is 3.10. The molecule has 150 valence electrons. The summed E-state index contributed by atoms with van der Waals surface area (Å²) >= 11 is 6.51. The van der Waals surface area contributed by atoms with Crippen LogP contribution in [0.5, 0.6) is 5.75 Å². The van der Waals surface area contributed by atoms with E-state index in [0.717, 1.165) is 35.7 Å². The molecule has 2 heterocycles. The van der Waals surface area contributed by atoms with Gasteiger partial charge in [-0.25, -0.2) is 9.97 Å². The Morgan fingerprint density at radius 2 is 1.97 bits per heavy atom. The van der Waals surface area contributed by atoms with E-state index in [4.69, 9.17) is 26.8 Å². The molecule has 3 N–H and O–H groups in total. The monoisotopic (exact) mass is 411 g/mol. The van der Waals surface area contributed by atoms with Gasteiger partial charge in [-0.05, 0) is 42.5 Å². The minimum Gasteiger partial charge on any atom is -0.495 e. The van der Waals surface area contributed by atoms with Crippen molar-refractivity contribution in [3.63, 3.8) is 0 Å². The number of nitrogen functional groups attached to an aromatic ring is 1. The highest BCUT2D eigenvalue weighted by atomic mass is 35.5. The molecule has 8 heteroatoms. The number of anilines is 4. The van der Waals surface area contributed by atoms with Gasteiger partial charge in [0.25, 0.3) is 0 Å². The van der Waals surface area contributed by atoms with E-state index in [0.29, 0.717) is 35.6 Å². The summed E-state index contributed by atoms with van der Waals surface area (Å²) in [5, 5.41) is 3.89. The maximum absolute atomic E-state index is 6.51. The Balaban J connectivity index is 1.53. The standard InChI is InChI=1S/C21H22ClN5O2/c1-28-20-5-2-14(12-17(20)23)18-6-7-24-21(26-18)25-15-3-4-19(16(22)13-15)27-8-10-29-11-9-27/h2-7,12-13H,8-11,23H2,1H3,(H,24,25,26). The summed E-state index contributed by atoms with van der Waals surface area (Å²) in [5.74, 6) is 1.11. The number of nitrogens with two attached hydrogens (primary N) is 1. The van der Waals surface area contributed by atoms with Crippen molar-refractivity contribution in [1.29, 1.82) is 0 Å². The van der Waals surface area contributed by atoms with Crippen molar-refractivity contribution in [2.45, 2.75) is 0 Å². The summed E-state index contributed by atoms with van der Waals surface area (Å²) in [6.07, 6.45) is 1.70. The number of hydrogen-bond donors (Lipinski definition) is 2. The van der Waals surface area contributed by atoms with E-state index in [1.165, 1.54) is 0 Å². The Morgan fingerprint density at radius 3 is 2.69 bits per heavy atom. The minimum absolute atomic E-state index is 0.479. The highest BCUT2D eigenvalue weighted by molar-refractivity contribution is 6.33. The van der Waals surface area contributed by atoms with Gasteiger partial charge in [0.15, 0.2) is 0 Å². The third-order valence-electron chi connectivity index (χ3n) is 4.74. The maximum atomic E-state index is 6.51. The zero-order valence-corrected chi connectivity index (χ0v) is 16.8. The molecule has 3 aromatic rings. The van der Waals surface area contributed by atoms with E-state index < -0.39 is 0 Å². The average Bonchev–Trinajstić information content (AvgIpc) is 2.74. The Morgan fingerprint density at radius 1 is 1.14 bits per heavy atom. The number of methoxy groups -OCH3 is 1. The van der Waals surface area contributed by atoms with Gasteiger partial charge in [-0.15, -0.1) is 0 Å². The lowest BCUT2D eigenvalue weighted by Gasteiger charge is -2.29. The number of nitrogens with one attached hydrogen (secondary N) is 1. The molecule has 1 saturated heterocycles. The van der Waals surface area contributed by atoms with Gasteiger partial charge in [0.1, 0.15) is 5.75 Å². The first-order valence-electron chi connectivity index (χ1n) is 9.30. The quantitative estimate of drug-likeness (QED) is 0.614. The van der Waals surface area contributed by atoms with Gasteiger partial charge in [-0.3, -0.25) is 0 Å². The third kappa shape index (κ3) is 4.36. The molecule has 1 fully saturated rings. The van der Waals surface area contributed by atoms with Crippen LogP contribution in [-0.2, 0) is 4.74 Å².